The molecular formula is C23H25N5O. The van der Waals surface area contributed by atoms with Crippen molar-refractivity contribution >= 4 is 18.0 Å². The van der Waals surface area contributed by atoms with Gasteiger partial charge in [0.1, 0.15) is 11.6 Å². The Balaban J connectivity index is 1.54. The molecule has 0 unspecified atom stereocenters. The molecule has 148 valence electrons. The van der Waals surface area contributed by atoms with Crippen molar-refractivity contribution in [3.05, 3.63) is 72.3 Å². The number of carbonyl (C=O) groups excluding carboxylic acids is 1. The van der Waals surface area contributed by atoms with E-state index in [9.17, 15) is 4.79 Å². The minimum atomic E-state index is 0.711. The molecule has 1 saturated heterocycles. The van der Waals surface area contributed by atoms with Gasteiger partial charge in [-0.2, -0.15) is 0 Å². The number of carbonyl (C=O) groups is 1. The molecule has 2 heterocycles. The van der Waals surface area contributed by atoms with Crippen LogP contribution >= 0.6 is 0 Å². The average Bonchev–Trinajstić information content (AvgIpc) is 2.80. The van der Waals surface area contributed by atoms with Crippen molar-refractivity contribution in [2.24, 2.45) is 0 Å². The van der Waals surface area contributed by atoms with Crippen LogP contribution in [0.4, 0.5) is 11.6 Å². The van der Waals surface area contributed by atoms with E-state index in [2.05, 4.69) is 34.5 Å². The summed E-state index contributed by atoms with van der Waals surface area (Å²) in [6.45, 7) is 3.77. The van der Waals surface area contributed by atoms with Crippen LogP contribution in [0.15, 0.2) is 66.7 Å². The normalized spacial score (nSPS) is 13.9. The van der Waals surface area contributed by atoms with Gasteiger partial charge in [-0.05, 0) is 12.0 Å². The number of piperazine rings is 1. The second-order valence-corrected chi connectivity index (χ2v) is 7.09. The van der Waals surface area contributed by atoms with E-state index in [1.165, 1.54) is 5.56 Å². The van der Waals surface area contributed by atoms with Crippen molar-refractivity contribution in [3.63, 3.8) is 0 Å². The van der Waals surface area contributed by atoms with E-state index < -0.39 is 0 Å². The maximum Gasteiger partial charge on any atom is 0.209 e. The molecule has 0 atom stereocenters. The first-order chi connectivity index (χ1) is 14.3. The van der Waals surface area contributed by atoms with Crippen molar-refractivity contribution in [1.82, 2.24) is 14.9 Å². The number of hydrogen-bond acceptors (Lipinski definition) is 5. The van der Waals surface area contributed by atoms with E-state index in [4.69, 9.17) is 9.97 Å². The summed E-state index contributed by atoms with van der Waals surface area (Å²) in [6.07, 6.45) is 1.85. The summed E-state index contributed by atoms with van der Waals surface area (Å²) in [6, 6.07) is 22.5. The van der Waals surface area contributed by atoms with Gasteiger partial charge in [0.25, 0.3) is 0 Å². The Kier molecular flexibility index (Phi) is 6.00. The highest BCUT2D eigenvalue weighted by Gasteiger charge is 2.18. The Morgan fingerprint density at radius 1 is 0.897 bits per heavy atom. The van der Waals surface area contributed by atoms with Crippen LogP contribution in [0.5, 0.6) is 0 Å². The quantitative estimate of drug-likeness (QED) is 0.632. The van der Waals surface area contributed by atoms with Gasteiger partial charge in [-0.15, -0.1) is 0 Å². The minimum absolute atomic E-state index is 0.711. The zero-order valence-electron chi connectivity index (χ0n) is 16.4. The highest BCUT2D eigenvalue weighted by Crippen LogP contribution is 2.23. The summed E-state index contributed by atoms with van der Waals surface area (Å²) in [5, 5.41) is 3.46. The molecule has 0 saturated carbocycles. The highest BCUT2D eigenvalue weighted by molar-refractivity contribution is 5.62. The zero-order valence-corrected chi connectivity index (χ0v) is 16.4. The highest BCUT2D eigenvalue weighted by atomic mass is 16.1. The van der Waals surface area contributed by atoms with Crippen LogP contribution in [0, 0.1) is 0 Å². The Morgan fingerprint density at radius 3 is 2.28 bits per heavy atom. The maximum absolute atomic E-state index is 11.0. The van der Waals surface area contributed by atoms with Gasteiger partial charge in [-0.1, -0.05) is 60.7 Å². The molecule has 0 aliphatic carbocycles. The predicted octanol–water partition coefficient (Wildman–Crippen LogP) is 3.08. The lowest BCUT2D eigenvalue weighted by molar-refractivity contribution is -0.118. The molecule has 0 spiro atoms. The average molecular weight is 387 g/mol. The largest absolute Gasteiger partial charge is 0.370 e. The summed E-state index contributed by atoms with van der Waals surface area (Å²) in [7, 11) is 0. The molecule has 0 radical (unpaired) electrons. The number of aromatic nitrogens is 2. The second kappa shape index (κ2) is 9.19. The van der Waals surface area contributed by atoms with Gasteiger partial charge in [0.2, 0.25) is 6.41 Å². The lowest BCUT2D eigenvalue weighted by atomic mass is 10.1. The van der Waals surface area contributed by atoms with Crippen LogP contribution in [-0.4, -0.2) is 54.0 Å². The van der Waals surface area contributed by atoms with Crippen LogP contribution in [0.25, 0.3) is 11.4 Å². The third-order valence-electron chi connectivity index (χ3n) is 5.09. The van der Waals surface area contributed by atoms with Crippen LogP contribution in [0.3, 0.4) is 0 Å². The maximum atomic E-state index is 11.0. The lowest BCUT2D eigenvalue weighted by Gasteiger charge is -2.33. The van der Waals surface area contributed by atoms with Crippen molar-refractivity contribution in [3.8, 4) is 11.4 Å². The number of amides is 1. The molecule has 3 aromatic rings. The van der Waals surface area contributed by atoms with E-state index in [1.54, 1.807) is 4.90 Å². The fourth-order valence-electron chi connectivity index (χ4n) is 3.44. The Morgan fingerprint density at radius 2 is 1.59 bits per heavy atom. The second-order valence-electron chi connectivity index (χ2n) is 7.09. The molecule has 29 heavy (non-hydrogen) atoms. The fraction of sp³-hybridized carbons (Fsp3) is 0.261. The molecule has 4 rings (SSSR count). The van der Waals surface area contributed by atoms with Crippen molar-refractivity contribution in [2.75, 3.05) is 42.9 Å². The first-order valence-electron chi connectivity index (χ1n) is 9.98. The number of nitrogens with one attached hydrogen (secondary N) is 1. The molecule has 1 N–H and O–H groups in total. The Labute approximate surface area is 171 Å². The summed E-state index contributed by atoms with van der Waals surface area (Å²) in [5.41, 5.74) is 2.29. The monoisotopic (exact) mass is 387 g/mol. The SMILES string of the molecule is O=CN1CCN(c2cc(NCCc3ccccc3)nc(-c3ccccc3)n2)CC1. The van der Waals surface area contributed by atoms with E-state index in [-0.39, 0.29) is 0 Å². The molecule has 6 nitrogen and oxygen atoms in total. The Bertz CT molecular complexity index is 925. The van der Waals surface area contributed by atoms with Gasteiger partial charge in [0, 0.05) is 44.4 Å². The van der Waals surface area contributed by atoms with Crippen LogP contribution in [0.1, 0.15) is 5.56 Å². The summed E-state index contributed by atoms with van der Waals surface area (Å²) >= 11 is 0. The topological polar surface area (TPSA) is 61.4 Å². The summed E-state index contributed by atoms with van der Waals surface area (Å²) in [4.78, 5) is 24.6. The van der Waals surface area contributed by atoms with Crippen molar-refractivity contribution in [2.45, 2.75) is 6.42 Å². The molecule has 1 aromatic heterocycles. The zero-order chi connectivity index (χ0) is 19.9. The molecular weight excluding hydrogens is 362 g/mol. The third kappa shape index (κ3) is 4.90. The van der Waals surface area contributed by atoms with E-state index >= 15 is 0 Å². The van der Waals surface area contributed by atoms with E-state index in [1.807, 2.05) is 42.5 Å². The van der Waals surface area contributed by atoms with Gasteiger partial charge >= 0.3 is 0 Å². The number of anilines is 2. The van der Waals surface area contributed by atoms with Crippen LogP contribution < -0.4 is 10.2 Å². The van der Waals surface area contributed by atoms with Crippen LogP contribution in [-0.2, 0) is 11.2 Å². The first kappa shape index (κ1) is 18.9. The molecule has 1 aliphatic rings. The van der Waals surface area contributed by atoms with Gasteiger partial charge in [-0.3, -0.25) is 4.79 Å². The van der Waals surface area contributed by atoms with Crippen LogP contribution in [0.2, 0.25) is 0 Å². The van der Waals surface area contributed by atoms with Gasteiger partial charge in [0.15, 0.2) is 5.82 Å². The fourth-order valence-corrected chi connectivity index (χ4v) is 3.44. The molecule has 0 bridgehead atoms. The predicted molar refractivity (Wildman–Crippen MR) is 116 cm³/mol. The smallest absolute Gasteiger partial charge is 0.209 e. The Hall–Kier alpha value is -3.41. The number of nitrogens with zero attached hydrogens (tertiary/aromatic N) is 4. The van der Waals surface area contributed by atoms with Crippen molar-refractivity contribution in [1.29, 1.82) is 0 Å². The molecule has 6 heteroatoms. The molecule has 1 fully saturated rings. The lowest BCUT2D eigenvalue weighted by Crippen LogP contribution is -2.46. The summed E-state index contributed by atoms with van der Waals surface area (Å²) in [5.74, 6) is 2.43. The molecule has 1 amide bonds. The van der Waals surface area contributed by atoms with Gasteiger partial charge in [0.05, 0.1) is 0 Å². The van der Waals surface area contributed by atoms with E-state index in [0.29, 0.717) is 18.9 Å². The van der Waals surface area contributed by atoms with E-state index in [0.717, 1.165) is 49.7 Å². The molecule has 2 aromatic carbocycles. The first-order valence-corrected chi connectivity index (χ1v) is 9.98. The molecule has 1 aliphatic heterocycles. The van der Waals surface area contributed by atoms with Gasteiger partial charge in [-0.25, -0.2) is 9.97 Å². The third-order valence-corrected chi connectivity index (χ3v) is 5.09. The van der Waals surface area contributed by atoms with Crippen molar-refractivity contribution < 1.29 is 4.79 Å². The number of benzene rings is 2. The summed E-state index contributed by atoms with van der Waals surface area (Å²) < 4.78 is 0. The minimum Gasteiger partial charge on any atom is -0.370 e. The standard InChI is InChI=1S/C23H25N5O/c29-18-27-13-15-28(16-14-27)22-17-21(24-12-11-19-7-3-1-4-8-19)25-23(26-22)20-9-5-2-6-10-20/h1-10,17-18H,11-16H2,(H,24,25,26). The van der Waals surface area contributed by atoms with Gasteiger partial charge < -0.3 is 15.1 Å². The number of rotatable bonds is 7. The number of hydrogen-bond donors (Lipinski definition) is 1.